The van der Waals surface area contributed by atoms with Gasteiger partial charge in [-0.3, -0.25) is 14.4 Å². The minimum absolute atomic E-state index is 0.0405. The number of aromatic nitrogens is 2. The Labute approximate surface area is 186 Å². The molecule has 0 atom stereocenters. The van der Waals surface area contributed by atoms with Crippen LogP contribution in [0.25, 0.3) is 11.3 Å². The first-order valence-corrected chi connectivity index (χ1v) is 10.4. The van der Waals surface area contributed by atoms with Crippen LogP contribution in [-0.4, -0.2) is 73.6 Å². The van der Waals surface area contributed by atoms with Crippen molar-refractivity contribution in [1.82, 2.24) is 20.0 Å². The Hall–Kier alpha value is -3.40. The van der Waals surface area contributed by atoms with Crippen LogP contribution in [0.3, 0.4) is 0 Å². The molecule has 32 heavy (non-hydrogen) atoms. The SMILES string of the molecule is COc1ccc(-c2nn(CCCC(=O)NCC(=O)N3CCOCC3)c(=O)cc2OC)cc1. The average molecular weight is 444 g/mol. The summed E-state index contributed by atoms with van der Waals surface area (Å²) in [7, 11) is 3.07. The summed E-state index contributed by atoms with van der Waals surface area (Å²) in [6.07, 6.45) is 0.577. The second-order valence-corrected chi connectivity index (χ2v) is 7.22. The van der Waals surface area contributed by atoms with Gasteiger partial charge in [0, 0.05) is 37.7 Å². The topological polar surface area (TPSA) is 112 Å². The van der Waals surface area contributed by atoms with Gasteiger partial charge < -0.3 is 24.4 Å². The van der Waals surface area contributed by atoms with Crippen molar-refractivity contribution in [3.8, 4) is 22.8 Å². The molecule has 1 saturated heterocycles. The summed E-state index contributed by atoms with van der Waals surface area (Å²) in [4.78, 5) is 38.3. The number of aryl methyl sites for hydroxylation is 1. The zero-order chi connectivity index (χ0) is 22.9. The third-order valence-corrected chi connectivity index (χ3v) is 5.12. The van der Waals surface area contributed by atoms with E-state index in [-0.39, 0.29) is 36.9 Å². The van der Waals surface area contributed by atoms with E-state index in [0.717, 1.165) is 5.56 Å². The van der Waals surface area contributed by atoms with Gasteiger partial charge in [-0.05, 0) is 30.7 Å². The molecule has 2 amide bonds. The quantitative estimate of drug-likeness (QED) is 0.605. The molecule has 1 aromatic carbocycles. The highest BCUT2D eigenvalue weighted by Gasteiger charge is 2.17. The molecule has 2 aromatic rings. The normalized spacial score (nSPS) is 13.5. The second-order valence-electron chi connectivity index (χ2n) is 7.22. The van der Waals surface area contributed by atoms with Crippen molar-refractivity contribution < 1.29 is 23.8 Å². The molecule has 0 aliphatic carbocycles. The van der Waals surface area contributed by atoms with Gasteiger partial charge in [-0.2, -0.15) is 5.10 Å². The molecule has 10 heteroatoms. The predicted molar refractivity (Wildman–Crippen MR) is 117 cm³/mol. The molecular formula is C22H28N4O6. The van der Waals surface area contributed by atoms with Gasteiger partial charge in [0.25, 0.3) is 5.56 Å². The molecule has 10 nitrogen and oxygen atoms in total. The Morgan fingerprint density at radius 3 is 2.50 bits per heavy atom. The molecule has 0 bridgehead atoms. The van der Waals surface area contributed by atoms with Gasteiger partial charge in [-0.1, -0.05) is 0 Å². The first-order chi connectivity index (χ1) is 15.5. The lowest BCUT2D eigenvalue weighted by Gasteiger charge is -2.26. The number of morpholine rings is 1. The third kappa shape index (κ3) is 6.07. The number of carbonyl (C=O) groups is 2. The summed E-state index contributed by atoms with van der Waals surface area (Å²) in [6, 6.07) is 8.64. The van der Waals surface area contributed by atoms with E-state index in [1.165, 1.54) is 17.9 Å². The molecule has 1 aromatic heterocycles. The van der Waals surface area contributed by atoms with Crippen LogP contribution in [0, 0.1) is 0 Å². The zero-order valence-electron chi connectivity index (χ0n) is 18.3. The van der Waals surface area contributed by atoms with E-state index in [1.54, 1.807) is 24.1 Å². The van der Waals surface area contributed by atoms with Gasteiger partial charge in [0.1, 0.15) is 11.4 Å². The number of hydrogen-bond donors (Lipinski definition) is 1. The molecule has 1 aliphatic rings. The number of methoxy groups -OCH3 is 2. The number of amides is 2. The highest BCUT2D eigenvalue weighted by molar-refractivity contribution is 5.84. The third-order valence-electron chi connectivity index (χ3n) is 5.12. The smallest absolute Gasteiger partial charge is 0.270 e. The lowest BCUT2D eigenvalue weighted by Crippen LogP contribution is -2.45. The van der Waals surface area contributed by atoms with Crippen LogP contribution in [0.1, 0.15) is 12.8 Å². The molecule has 0 spiro atoms. The van der Waals surface area contributed by atoms with E-state index in [4.69, 9.17) is 14.2 Å². The van der Waals surface area contributed by atoms with Crippen molar-refractivity contribution >= 4 is 11.8 Å². The lowest BCUT2D eigenvalue weighted by molar-refractivity contribution is -0.136. The van der Waals surface area contributed by atoms with Crippen molar-refractivity contribution in [2.75, 3.05) is 47.1 Å². The number of carbonyl (C=O) groups excluding carboxylic acids is 2. The molecular weight excluding hydrogens is 416 g/mol. The maximum Gasteiger partial charge on any atom is 0.270 e. The van der Waals surface area contributed by atoms with Crippen molar-refractivity contribution in [1.29, 1.82) is 0 Å². The van der Waals surface area contributed by atoms with Crippen LogP contribution in [0.4, 0.5) is 0 Å². The molecule has 0 saturated carbocycles. The largest absolute Gasteiger partial charge is 0.497 e. The van der Waals surface area contributed by atoms with Crippen LogP contribution in [0.2, 0.25) is 0 Å². The lowest BCUT2D eigenvalue weighted by atomic mass is 10.1. The number of nitrogens with zero attached hydrogens (tertiary/aromatic N) is 3. The maximum atomic E-state index is 12.4. The summed E-state index contributed by atoms with van der Waals surface area (Å²) >= 11 is 0. The monoisotopic (exact) mass is 444 g/mol. The number of benzene rings is 1. The summed E-state index contributed by atoms with van der Waals surface area (Å²) in [5.41, 5.74) is 0.980. The van der Waals surface area contributed by atoms with E-state index in [0.29, 0.717) is 49.9 Å². The van der Waals surface area contributed by atoms with Gasteiger partial charge in [0.2, 0.25) is 11.8 Å². The van der Waals surface area contributed by atoms with Crippen molar-refractivity contribution in [3.63, 3.8) is 0 Å². The van der Waals surface area contributed by atoms with Crippen LogP contribution < -0.4 is 20.3 Å². The minimum Gasteiger partial charge on any atom is -0.497 e. The fourth-order valence-corrected chi connectivity index (χ4v) is 3.32. The summed E-state index contributed by atoms with van der Waals surface area (Å²) in [5.74, 6) is 0.706. The standard InChI is InChI=1S/C22H28N4O6/c1-30-17-7-5-16(6-8-17)22-18(31-2)14-20(28)26(24-22)9-3-4-19(27)23-15-21(29)25-10-12-32-13-11-25/h5-8,14H,3-4,9-13,15H2,1-2H3,(H,23,27). The van der Waals surface area contributed by atoms with E-state index >= 15 is 0 Å². The van der Waals surface area contributed by atoms with Gasteiger partial charge >= 0.3 is 0 Å². The Morgan fingerprint density at radius 2 is 1.84 bits per heavy atom. The van der Waals surface area contributed by atoms with Gasteiger partial charge in [-0.25, -0.2) is 4.68 Å². The van der Waals surface area contributed by atoms with E-state index in [1.807, 2.05) is 12.1 Å². The van der Waals surface area contributed by atoms with Crippen molar-refractivity contribution in [2.45, 2.75) is 19.4 Å². The number of ether oxygens (including phenoxy) is 3. The maximum absolute atomic E-state index is 12.4. The van der Waals surface area contributed by atoms with E-state index in [2.05, 4.69) is 10.4 Å². The zero-order valence-corrected chi connectivity index (χ0v) is 18.3. The first kappa shape index (κ1) is 23.3. The van der Waals surface area contributed by atoms with Gasteiger partial charge in [-0.15, -0.1) is 0 Å². The Bertz CT molecular complexity index is 983. The molecule has 0 radical (unpaired) electrons. The number of hydrogen-bond acceptors (Lipinski definition) is 7. The van der Waals surface area contributed by atoms with Crippen LogP contribution in [0.15, 0.2) is 35.1 Å². The summed E-state index contributed by atoms with van der Waals surface area (Å²) < 4.78 is 17.0. The Morgan fingerprint density at radius 1 is 1.12 bits per heavy atom. The van der Waals surface area contributed by atoms with Crippen molar-refractivity contribution in [3.05, 3.63) is 40.7 Å². The molecule has 2 heterocycles. The Balaban J connectivity index is 1.56. The molecule has 0 unspecified atom stereocenters. The van der Waals surface area contributed by atoms with Gasteiger partial charge in [0.15, 0.2) is 5.75 Å². The minimum atomic E-state index is -0.318. The predicted octanol–water partition coefficient (Wildman–Crippen LogP) is 0.683. The summed E-state index contributed by atoms with van der Waals surface area (Å²) in [5, 5.41) is 7.07. The molecule has 3 rings (SSSR count). The molecule has 1 aliphatic heterocycles. The van der Waals surface area contributed by atoms with E-state index < -0.39 is 0 Å². The van der Waals surface area contributed by atoms with Crippen molar-refractivity contribution in [2.24, 2.45) is 0 Å². The summed E-state index contributed by atoms with van der Waals surface area (Å²) in [6.45, 7) is 2.33. The number of rotatable bonds is 9. The molecule has 1 fully saturated rings. The average Bonchev–Trinajstić information content (AvgIpc) is 2.83. The first-order valence-electron chi connectivity index (χ1n) is 10.4. The second kappa shape index (κ2) is 11.3. The molecule has 172 valence electrons. The van der Waals surface area contributed by atoms with E-state index in [9.17, 15) is 14.4 Å². The fourth-order valence-electron chi connectivity index (χ4n) is 3.32. The van der Waals surface area contributed by atoms with Crippen LogP contribution in [0.5, 0.6) is 11.5 Å². The molecule has 1 N–H and O–H groups in total. The fraction of sp³-hybridized carbons (Fsp3) is 0.455. The van der Waals surface area contributed by atoms with Gasteiger partial charge in [0.05, 0.1) is 34.0 Å². The highest BCUT2D eigenvalue weighted by Crippen LogP contribution is 2.27. The Kier molecular flexibility index (Phi) is 8.20. The highest BCUT2D eigenvalue weighted by atomic mass is 16.5. The van der Waals surface area contributed by atoms with Crippen LogP contribution in [-0.2, 0) is 20.9 Å². The number of nitrogens with one attached hydrogen (secondary N) is 1. The van der Waals surface area contributed by atoms with Crippen LogP contribution >= 0.6 is 0 Å².